The molecule has 0 fully saturated rings. The number of fused-ring (bicyclic) bond motifs is 2. The van der Waals surface area contributed by atoms with Crippen LogP contribution in [0.2, 0.25) is 0 Å². The fourth-order valence-corrected chi connectivity index (χ4v) is 5.33. The molecule has 0 aliphatic carbocycles. The Morgan fingerprint density at radius 2 is 1.95 bits per heavy atom. The molecule has 0 spiro atoms. The van der Waals surface area contributed by atoms with E-state index in [1.54, 1.807) is 34.0 Å². The van der Waals surface area contributed by atoms with Crippen LogP contribution in [0.3, 0.4) is 0 Å². The number of para-hydroxylation sites is 1. The van der Waals surface area contributed by atoms with Gasteiger partial charge in [-0.2, -0.15) is 0 Å². The summed E-state index contributed by atoms with van der Waals surface area (Å²) in [5.41, 5.74) is 1.02. The molecule has 3 aromatic heterocycles. The number of aliphatic hydroxyl groups is 1. The molecule has 0 saturated carbocycles. The van der Waals surface area contributed by atoms with Crippen LogP contribution >= 0.6 is 34.0 Å². The monoisotopic (exact) mass is 317 g/mol. The minimum Gasteiger partial charge on any atom is -0.387 e. The molecule has 4 aromatic rings. The smallest absolute Gasteiger partial charge is 0.0968 e. The second kappa shape index (κ2) is 4.93. The first kappa shape index (κ1) is 12.5. The average Bonchev–Trinajstić information content (AvgIpc) is 3.11. The van der Waals surface area contributed by atoms with Gasteiger partial charge in [0.25, 0.3) is 0 Å². The van der Waals surface area contributed by atoms with Gasteiger partial charge in [-0.3, -0.25) is 0 Å². The van der Waals surface area contributed by atoms with Crippen molar-refractivity contribution < 1.29 is 5.11 Å². The quantitative estimate of drug-likeness (QED) is 0.586. The topological polar surface area (TPSA) is 33.1 Å². The molecular weight excluding hydrogens is 306 g/mol. The van der Waals surface area contributed by atoms with E-state index in [4.69, 9.17) is 0 Å². The van der Waals surface area contributed by atoms with Gasteiger partial charge >= 0.3 is 0 Å². The van der Waals surface area contributed by atoms with Gasteiger partial charge in [-0.25, -0.2) is 4.98 Å². The van der Waals surface area contributed by atoms with E-state index in [1.807, 2.05) is 18.2 Å². The Morgan fingerprint density at radius 1 is 1.05 bits per heavy atom. The number of nitrogens with zero attached hydrogens (tertiary/aromatic N) is 1. The molecule has 0 aliphatic heterocycles. The van der Waals surface area contributed by atoms with Crippen LogP contribution < -0.4 is 0 Å². The van der Waals surface area contributed by atoms with Crippen molar-refractivity contribution in [3.8, 4) is 0 Å². The summed E-state index contributed by atoms with van der Waals surface area (Å²) in [4.78, 5) is 5.62. The number of benzene rings is 1. The zero-order chi connectivity index (χ0) is 13.5. The van der Waals surface area contributed by atoms with Crippen LogP contribution in [-0.4, -0.2) is 10.1 Å². The molecule has 0 radical (unpaired) electrons. The second-order valence-corrected chi connectivity index (χ2v) is 7.77. The number of aromatic nitrogens is 1. The van der Waals surface area contributed by atoms with Gasteiger partial charge in [-0.05, 0) is 29.6 Å². The van der Waals surface area contributed by atoms with Crippen molar-refractivity contribution in [1.82, 2.24) is 4.98 Å². The molecule has 1 N–H and O–H groups in total. The summed E-state index contributed by atoms with van der Waals surface area (Å²) in [6.07, 6.45) is 0.132. The first-order valence-electron chi connectivity index (χ1n) is 6.29. The molecule has 0 aliphatic rings. The van der Waals surface area contributed by atoms with Crippen molar-refractivity contribution in [2.75, 3.05) is 0 Å². The fourth-order valence-electron chi connectivity index (χ4n) is 2.22. The normalized spacial score (nSPS) is 13.2. The highest BCUT2D eigenvalue weighted by Gasteiger charge is 2.15. The summed E-state index contributed by atoms with van der Waals surface area (Å²) >= 11 is 5.06. The van der Waals surface area contributed by atoms with Crippen LogP contribution in [0, 0.1) is 0 Å². The fraction of sp³-hybridized carbons (Fsp3) is 0.133. The average molecular weight is 317 g/mol. The molecule has 20 heavy (non-hydrogen) atoms. The van der Waals surface area contributed by atoms with Gasteiger partial charge in [0.2, 0.25) is 0 Å². The molecule has 1 atom stereocenters. The van der Waals surface area contributed by atoms with Crippen LogP contribution in [0.5, 0.6) is 0 Å². The Hall–Kier alpha value is -1.27. The van der Waals surface area contributed by atoms with E-state index in [1.165, 1.54) is 14.1 Å². The minimum absolute atomic E-state index is 0.458. The summed E-state index contributed by atoms with van der Waals surface area (Å²) in [6, 6.07) is 12.3. The summed E-state index contributed by atoms with van der Waals surface area (Å²) in [5, 5.41) is 13.5. The largest absolute Gasteiger partial charge is 0.387 e. The van der Waals surface area contributed by atoms with E-state index in [0.29, 0.717) is 6.42 Å². The Kier molecular flexibility index (Phi) is 3.07. The Balaban J connectivity index is 1.62. The Morgan fingerprint density at radius 3 is 2.80 bits per heavy atom. The standard InChI is InChI=1S/C15H11NOS3/c17-10(13-8-14-12(19-13)5-6-18-14)7-15-16-9-3-1-2-4-11(9)20-15/h1-6,8,10,17H,7H2. The van der Waals surface area contributed by atoms with Gasteiger partial charge in [-0.1, -0.05) is 12.1 Å². The number of thiazole rings is 1. The first-order valence-corrected chi connectivity index (χ1v) is 8.80. The lowest BCUT2D eigenvalue weighted by molar-refractivity contribution is 0.182. The second-order valence-electron chi connectivity index (χ2n) is 4.59. The lowest BCUT2D eigenvalue weighted by atomic mass is 10.2. The molecule has 0 amide bonds. The van der Waals surface area contributed by atoms with Crippen LogP contribution in [0.15, 0.2) is 41.8 Å². The molecule has 1 unspecified atom stereocenters. The van der Waals surface area contributed by atoms with Crippen molar-refractivity contribution >= 4 is 53.6 Å². The molecule has 0 saturated heterocycles. The SMILES string of the molecule is OC(Cc1nc2ccccc2s1)c1cc2sccc2s1. The maximum atomic E-state index is 10.4. The van der Waals surface area contributed by atoms with Gasteiger partial charge in [0.05, 0.1) is 21.3 Å². The zero-order valence-corrected chi connectivity index (χ0v) is 12.9. The van der Waals surface area contributed by atoms with Crippen LogP contribution in [0.4, 0.5) is 0 Å². The van der Waals surface area contributed by atoms with Crippen molar-refractivity contribution in [1.29, 1.82) is 0 Å². The number of hydrogen-bond acceptors (Lipinski definition) is 5. The molecule has 3 heterocycles. The van der Waals surface area contributed by atoms with Gasteiger partial charge in [0.15, 0.2) is 0 Å². The first-order chi connectivity index (χ1) is 9.79. The maximum absolute atomic E-state index is 10.4. The van der Waals surface area contributed by atoms with Gasteiger partial charge in [0.1, 0.15) is 0 Å². The van der Waals surface area contributed by atoms with Crippen molar-refractivity contribution in [3.63, 3.8) is 0 Å². The highest BCUT2D eigenvalue weighted by atomic mass is 32.1. The Bertz CT molecular complexity index is 812. The predicted octanol–water partition coefficient (Wildman–Crippen LogP) is 4.85. The van der Waals surface area contributed by atoms with E-state index >= 15 is 0 Å². The number of thiophene rings is 2. The highest BCUT2D eigenvalue weighted by Crippen LogP contribution is 2.35. The molecule has 0 bridgehead atoms. The summed E-state index contributed by atoms with van der Waals surface area (Å²) < 4.78 is 3.70. The van der Waals surface area contributed by atoms with E-state index in [-0.39, 0.29) is 0 Å². The predicted molar refractivity (Wildman–Crippen MR) is 88.0 cm³/mol. The van der Waals surface area contributed by atoms with Gasteiger partial charge in [-0.15, -0.1) is 34.0 Å². The van der Waals surface area contributed by atoms with Crippen LogP contribution in [0.1, 0.15) is 16.0 Å². The van der Waals surface area contributed by atoms with Gasteiger partial charge < -0.3 is 5.11 Å². The molecule has 4 rings (SSSR count). The lowest BCUT2D eigenvalue weighted by Crippen LogP contribution is -1.98. The van der Waals surface area contributed by atoms with Crippen LogP contribution in [0.25, 0.3) is 19.6 Å². The maximum Gasteiger partial charge on any atom is 0.0968 e. The van der Waals surface area contributed by atoms with Crippen molar-refractivity contribution in [2.45, 2.75) is 12.5 Å². The molecule has 5 heteroatoms. The number of rotatable bonds is 3. The molecule has 1 aromatic carbocycles. The minimum atomic E-state index is -0.458. The van der Waals surface area contributed by atoms with Crippen molar-refractivity contribution in [3.05, 3.63) is 51.7 Å². The van der Waals surface area contributed by atoms with Gasteiger partial charge in [0, 0.05) is 20.7 Å². The lowest BCUT2D eigenvalue weighted by Gasteiger charge is -2.04. The number of hydrogen-bond donors (Lipinski definition) is 1. The van der Waals surface area contributed by atoms with E-state index in [2.05, 4.69) is 28.6 Å². The third kappa shape index (κ3) is 2.16. The Labute approximate surface area is 128 Å². The van der Waals surface area contributed by atoms with Crippen LogP contribution in [-0.2, 0) is 6.42 Å². The number of aliphatic hydroxyl groups excluding tert-OH is 1. The zero-order valence-electron chi connectivity index (χ0n) is 10.4. The van der Waals surface area contributed by atoms with E-state index < -0.39 is 6.10 Å². The van der Waals surface area contributed by atoms with E-state index in [9.17, 15) is 5.11 Å². The van der Waals surface area contributed by atoms with Crippen molar-refractivity contribution in [2.24, 2.45) is 0 Å². The third-order valence-corrected chi connectivity index (χ3v) is 6.45. The molecule has 100 valence electrons. The highest BCUT2D eigenvalue weighted by molar-refractivity contribution is 7.27. The molecular formula is C15H11NOS3. The summed E-state index contributed by atoms with van der Waals surface area (Å²) in [7, 11) is 0. The summed E-state index contributed by atoms with van der Waals surface area (Å²) in [5.74, 6) is 0. The van der Waals surface area contributed by atoms with E-state index in [0.717, 1.165) is 15.4 Å². The molecule has 2 nitrogen and oxygen atoms in total. The summed E-state index contributed by atoms with van der Waals surface area (Å²) in [6.45, 7) is 0. The third-order valence-electron chi connectivity index (χ3n) is 3.19.